The molecular formula is C17H16FNO2. The molecule has 1 aliphatic carbocycles. The van der Waals surface area contributed by atoms with E-state index in [1.165, 1.54) is 17.7 Å². The van der Waals surface area contributed by atoms with Crippen molar-refractivity contribution in [3.63, 3.8) is 0 Å². The van der Waals surface area contributed by atoms with Gasteiger partial charge in [-0.1, -0.05) is 6.07 Å². The summed E-state index contributed by atoms with van der Waals surface area (Å²) in [5.74, 6) is 1.29. The standard InChI is InChI=1S/C17H16FNO2/c1-20-12-5-2-10-3-6-14-17(13(10)9-12)21-16-7-4-11(18)8-15(16)19-14/h2,4-5,7-9,14,17,19H,3,6H2,1H3. The van der Waals surface area contributed by atoms with E-state index in [-0.39, 0.29) is 18.0 Å². The molecule has 21 heavy (non-hydrogen) atoms. The zero-order valence-electron chi connectivity index (χ0n) is 11.7. The number of halogens is 1. The summed E-state index contributed by atoms with van der Waals surface area (Å²) < 4.78 is 24.8. The fourth-order valence-corrected chi connectivity index (χ4v) is 3.22. The molecule has 2 aromatic rings. The number of hydrogen-bond donors (Lipinski definition) is 1. The maximum atomic E-state index is 13.3. The molecule has 0 radical (unpaired) electrons. The molecule has 1 heterocycles. The van der Waals surface area contributed by atoms with Crippen LogP contribution in [0.3, 0.4) is 0 Å². The summed E-state index contributed by atoms with van der Waals surface area (Å²) in [5.41, 5.74) is 3.19. The fourth-order valence-electron chi connectivity index (χ4n) is 3.22. The Labute approximate surface area is 122 Å². The lowest BCUT2D eigenvalue weighted by molar-refractivity contribution is 0.157. The summed E-state index contributed by atoms with van der Waals surface area (Å²) >= 11 is 0. The van der Waals surface area contributed by atoms with Crippen LogP contribution < -0.4 is 14.8 Å². The van der Waals surface area contributed by atoms with E-state index in [1.807, 2.05) is 12.1 Å². The maximum Gasteiger partial charge on any atom is 0.144 e. The zero-order valence-corrected chi connectivity index (χ0v) is 11.7. The summed E-state index contributed by atoms with van der Waals surface area (Å²) in [7, 11) is 1.67. The third-order valence-corrected chi connectivity index (χ3v) is 4.29. The van der Waals surface area contributed by atoms with E-state index in [2.05, 4.69) is 11.4 Å². The van der Waals surface area contributed by atoms with E-state index in [0.29, 0.717) is 5.75 Å². The second-order valence-corrected chi connectivity index (χ2v) is 5.53. The molecule has 0 aromatic heterocycles. The van der Waals surface area contributed by atoms with E-state index in [4.69, 9.17) is 9.47 Å². The number of methoxy groups -OCH3 is 1. The first-order valence-electron chi connectivity index (χ1n) is 7.14. The van der Waals surface area contributed by atoms with Crippen LogP contribution in [0.15, 0.2) is 36.4 Å². The molecule has 0 saturated heterocycles. The van der Waals surface area contributed by atoms with Gasteiger partial charge >= 0.3 is 0 Å². The topological polar surface area (TPSA) is 30.5 Å². The average Bonchev–Trinajstić information content (AvgIpc) is 2.52. The van der Waals surface area contributed by atoms with Crippen molar-refractivity contribution in [3.05, 3.63) is 53.3 Å². The number of nitrogens with one attached hydrogen (secondary N) is 1. The van der Waals surface area contributed by atoms with Crippen molar-refractivity contribution in [2.75, 3.05) is 12.4 Å². The number of hydrogen-bond acceptors (Lipinski definition) is 3. The predicted octanol–water partition coefficient (Wildman–Crippen LogP) is 3.69. The maximum absolute atomic E-state index is 13.3. The van der Waals surface area contributed by atoms with Gasteiger partial charge in [0.05, 0.1) is 18.8 Å². The predicted molar refractivity (Wildman–Crippen MR) is 78.5 cm³/mol. The normalized spacial score (nSPS) is 22.2. The van der Waals surface area contributed by atoms with Gasteiger partial charge in [0, 0.05) is 11.6 Å². The molecule has 0 saturated carbocycles. The van der Waals surface area contributed by atoms with Crippen molar-refractivity contribution in [1.29, 1.82) is 0 Å². The summed E-state index contributed by atoms with van der Waals surface area (Å²) in [5, 5.41) is 3.41. The van der Waals surface area contributed by atoms with Gasteiger partial charge in [0.25, 0.3) is 0 Å². The molecule has 0 bridgehead atoms. The summed E-state index contributed by atoms with van der Waals surface area (Å²) in [6, 6.07) is 10.9. The first kappa shape index (κ1) is 12.5. The van der Waals surface area contributed by atoms with Crippen molar-refractivity contribution < 1.29 is 13.9 Å². The van der Waals surface area contributed by atoms with Crippen LogP contribution in [0.1, 0.15) is 23.7 Å². The number of rotatable bonds is 1. The highest BCUT2D eigenvalue weighted by Gasteiger charge is 2.35. The van der Waals surface area contributed by atoms with Gasteiger partial charge in [-0.2, -0.15) is 0 Å². The molecule has 0 fully saturated rings. The highest BCUT2D eigenvalue weighted by molar-refractivity contribution is 5.60. The van der Waals surface area contributed by atoms with Crippen molar-refractivity contribution in [2.45, 2.75) is 25.0 Å². The quantitative estimate of drug-likeness (QED) is 0.866. The van der Waals surface area contributed by atoms with Crippen molar-refractivity contribution in [1.82, 2.24) is 0 Å². The third kappa shape index (κ3) is 2.02. The molecule has 2 aromatic carbocycles. The zero-order chi connectivity index (χ0) is 14.4. The van der Waals surface area contributed by atoms with Gasteiger partial charge in [-0.3, -0.25) is 0 Å². The van der Waals surface area contributed by atoms with E-state index in [0.717, 1.165) is 29.8 Å². The number of fused-ring (bicyclic) bond motifs is 4. The van der Waals surface area contributed by atoms with Crippen LogP contribution in [-0.2, 0) is 6.42 Å². The number of anilines is 1. The van der Waals surface area contributed by atoms with E-state index < -0.39 is 0 Å². The van der Waals surface area contributed by atoms with Crippen molar-refractivity contribution >= 4 is 5.69 Å². The minimum Gasteiger partial charge on any atom is -0.497 e. The van der Waals surface area contributed by atoms with E-state index in [9.17, 15) is 4.39 Å². The summed E-state index contributed by atoms with van der Waals surface area (Å²) in [4.78, 5) is 0. The molecule has 108 valence electrons. The molecule has 0 amide bonds. The fraction of sp³-hybridized carbons (Fsp3) is 0.294. The molecule has 3 nitrogen and oxygen atoms in total. The van der Waals surface area contributed by atoms with Crippen LogP contribution >= 0.6 is 0 Å². The Morgan fingerprint density at radius 2 is 2.14 bits per heavy atom. The first-order chi connectivity index (χ1) is 10.2. The molecule has 4 rings (SSSR count). The monoisotopic (exact) mass is 285 g/mol. The lowest BCUT2D eigenvalue weighted by atomic mass is 9.84. The molecule has 2 aliphatic rings. The number of benzene rings is 2. The SMILES string of the molecule is COc1ccc2c(c1)C1Oc3ccc(F)cc3NC1CC2. The van der Waals surface area contributed by atoms with Gasteiger partial charge in [0.2, 0.25) is 0 Å². The van der Waals surface area contributed by atoms with Gasteiger partial charge < -0.3 is 14.8 Å². The Morgan fingerprint density at radius 3 is 3.00 bits per heavy atom. The van der Waals surface area contributed by atoms with Crippen LogP contribution in [0.2, 0.25) is 0 Å². The molecule has 0 spiro atoms. The highest BCUT2D eigenvalue weighted by atomic mass is 19.1. The van der Waals surface area contributed by atoms with Crippen molar-refractivity contribution in [2.24, 2.45) is 0 Å². The van der Waals surface area contributed by atoms with Gasteiger partial charge in [-0.25, -0.2) is 4.39 Å². The Balaban J connectivity index is 1.76. The van der Waals surface area contributed by atoms with Gasteiger partial charge in [0.15, 0.2) is 0 Å². The molecule has 4 heteroatoms. The lowest BCUT2D eigenvalue weighted by Gasteiger charge is -2.39. The second-order valence-electron chi connectivity index (χ2n) is 5.53. The summed E-state index contributed by atoms with van der Waals surface area (Å²) in [6.07, 6.45) is 1.91. The van der Waals surface area contributed by atoms with Gasteiger partial charge in [-0.05, 0) is 42.7 Å². The first-order valence-corrected chi connectivity index (χ1v) is 7.14. The van der Waals surface area contributed by atoms with Crippen LogP contribution in [0.4, 0.5) is 10.1 Å². The molecule has 1 N–H and O–H groups in total. The molecule has 2 unspecified atom stereocenters. The minimum atomic E-state index is -0.249. The lowest BCUT2D eigenvalue weighted by Crippen LogP contribution is -2.38. The Morgan fingerprint density at radius 1 is 1.24 bits per heavy atom. The van der Waals surface area contributed by atoms with Crippen LogP contribution in [-0.4, -0.2) is 13.2 Å². The Bertz CT molecular complexity index is 701. The molecule has 2 atom stereocenters. The van der Waals surface area contributed by atoms with Gasteiger partial charge in [-0.15, -0.1) is 0 Å². The van der Waals surface area contributed by atoms with E-state index >= 15 is 0 Å². The Kier molecular flexibility index (Phi) is 2.77. The third-order valence-electron chi connectivity index (χ3n) is 4.29. The number of aryl methyl sites for hydroxylation is 1. The minimum absolute atomic E-state index is 0.0539. The number of ether oxygens (including phenoxy) is 2. The van der Waals surface area contributed by atoms with Crippen LogP contribution in [0.25, 0.3) is 0 Å². The van der Waals surface area contributed by atoms with Crippen LogP contribution in [0.5, 0.6) is 11.5 Å². The molecule has 1 aliphatic heterocycles. The summed E-state index contributed by atoms with van der Waals surface area (Å²) in [6.45, 7) is 0. The molecular weight excluding hydrogens is 269 g/mol. The highest BCUT2D eigenvalue weighted by Crippen LogP contribution is 2.43. The van der Waals surface area contributed by atoms with E-state index in [1.54, 1.807) is 13.2 Å². The van der Waals surface area contributed by atoms with Crippen LogP contribution in [0, 0.1) is 5.82 Å². The smallest absolute Gasteiger partial charge is 0.144 e. The average molecular weight is 285 g/mol. The largest absolute Gasteiger partial charge is 0.497 e. The van der Waals surface area contributed by atoms with Crippen molar-refractivity contribution in [3.8, 4) is 11.5 Å². The Hall–Kier alpha value is -2.23. The van der Waals surface area contributed by atoms with Gasteiger partial charge in [0.1, 0.15) is 23.4 Å². The second kappa shape index (κ2) is 4.65.